The number of unbranched alkanes of at least 4 members (excludes halogenated alkanes) is 22. The van der Waals surface area contributed by atoms with E-state index in [0.717, 1.165) is 50.4 Å². The number of Topliss-reactive ketones (excluding diaryl/α,β-unsaturated/α-hetero) is 2. The predicted octanol–water partition coefficient (Wildman–Crippen LogP) is 10.2. The first-order valence-electron chi connectivity index (χ1n) is 19.2. The molecule has 0 fully saturated rings. The molecular formula is C38H72O8Ti. The van der Waals surface area contributed by atoms with Crippen molar-refractivity contribution in [2.45, 2.75) is 207 Å². The van der Waals surface area contributed by atoms with Crippen molar-refractivity contribution in [3.8, 4) is 0 Å². The molecule has 0 amide bonds. The van der Waals surface area contributed by atoms with Gasteiger partial charge in [0.2, 0.25) is 5.78 Å². The zero-order chi connectivity index (χ0) is 35.5. The van der Waals surface area contributed by atoms with Gasteiger partial charge in [0, 0.05) is 12.8 Å². The maximum absolute atomic E-state index is 12.0. The Hall–Kier alpha value is -1.09. The number of ether oxygens (including phenoxy) is 1. The first kappa shape index (κ1) is 48.0. The van der Waals surface area contributed by atoms with Gasteiger partial charge in [-0.3, -0.25) is 14.4 Å². The number of hydrogen-bond acceptors (Lipinski definition) is 6. The summed E-state index contributed by atoms with van der Waals surface area (Å²) in [5.41, 5.74) is 0. The van der Waals surface area contributed by atoms with Crippen LogP contribution in [-0.2, 0) is 45.9 Å². The maximum atomic E-state index is 12.0. The molecule has 0 aromatic carbocycles. The van der Waals surface area contributed by atoms with Crippen molar-refractivity contribution in [2.75, 3.05) is 0 Å². The Kier molecular flexibility index (Phi) is 37.0. The molecule has 8 nitrogen and oxygen atoms in total. The van der Waals surface area contributed by atoms with Crippen molar-refractivity contribution in [3.05, 3.63) is 0 Å². The third-order valence-electron chi connectivity index (χ3n) is 8.49. The molecule has 9 heteroatoms. The van der Waals surface area contributed by atoms with E-state index in [1.807, 2.05) is 0 Å². The minimum atomic E-state index is -3.58. The molecule has 0 aromatic rings. The topological polar surface area (TPSA) is 135 Å². The van der Waals surface area contributed by atoms with E-state index in [1.54, 1.807) is 0 Å². The number of carbonyl (C=O) groups is 4. The Labute approximate surface area is 295 Å². The third kappa shape index (κ3) is 41.0. The monoisotopic (exact) mass is 704 g/mol. The van der Waals surface area contributed by atoms with Crippen LogP contribution in [0, 0.1) is 11.8 Å². The van der Waals surface area contributed by atoms with E-state index in [4.69, 9.17) is 10.7 Å². The van der Waals surface area contributed by atoms with Gasteiger partial charge in [-0.05, 0) is 24.7 Å². The summed E-state index contributed by atoms with van der Waals surface area (Å²) in [6.45, 7) is 9.17. The van der Waals surface area contributed by atoms with Crippen molar-refractivity contribution >= 4 is 23.5 Å². The van der Waals surface area contributed by atoms with Crippen molar-refractivity contribution < 1.29 is 53.2 Å². The number of rotatable bonds is 32. The second-order valence-corrected chi connectivity index (χ2v) is 15.0. The number of ketones is 2. The minimum absolute atomic E-state index is 0.0528. The van der Waals surface area contributed by atoms with Gasteiger partial charge in [0.1, 0.15) is 0 Å². The quantitative estimate of drug-likeness (QED) is 0.0232. The van der Waals surface area contributed by atoms with Crippen LogP contribution in [0.2, 0.25) is 0 Å². The first-order valence-corrected chi connectivity index (χ1v) is 21.2. The van der Waals surface area contributed by atoms with Gasteiger partial charge >= 0.3 is 47.0 Å². The van der Waals surface area contributed by atoms with Gasteiger partial charge in [0.05, 0.1) is 0 Å². The summed E-state index contributed by atoms with van der Waals surface area (Å²) >= 11 is -3.58. The Balaban J connectivity index is 0. The SMILES string of the molecule is CC(C)CCCCCCCCCCCCCCC(=O)OC(=O)C(=O)C(=O)CCCCCCCCCCCCCCC(C)C.[O]=[Ti]([OH])[OH]. The molecule has 0 aliphatic rings. The normalized spacial score (nSPS) is 11.0. The van der Waals surface area contributed by atoms with E-state index in [0.29, 0.717) is 12.8 Å². The molecule has 0 unspecified atom stereocenters. The number of esters is 2. The summed E-state index contributed by atoms with van der Waals surface area (Å²) in [6.07, 6.45) is 31.5. The predicted molar refractivity (Wildman–Crippen MR) is 185 cm³/mol. The standard InChI is InChI=1S/C38H70O5.2H2O.O.Ti/c1-33(2)29-25-21-17-13-9-5-7-11-15-19-23-27-31-35(39)37(41)38(42)43-36(40)32-28-24-20-16-12-8-6-10-14-18-22-26-30-34(3)4;;;;/h33-34H,5-32H2,1-4H3;2*1H2;;/q;;;;+2/p-2. The Morgan fingerprint density at radius 1 is 0.468 bits per heavy atom. The van der Waals surface area contributed by atoms with E-state index in [2.05, 4.69) is 32.4 Å². The van der Waals surface area contributed by atoms with Crippen molar-refractivity contribution in [1.82, 2.24) is 0 Å². The van der Waals surface area contributed by atoms with Crippen LogP contribution in [0.4, 0.5) is 0 Å². The Morgan fingerprint density at radius 3 is 1.02 bits per heavy atom. The Bertz CT molecular complexity index is 793. The second kappa shape index (κ2) is 36.2. The summed E-state index contributed by atoms with van der Waals surface area (Å²) in [5.74, 6) is -2.29. The van der Waals surface area contributed by atoms with E-state index in [1.165, 1.54) is 116 Å². The van der Waals surface area contributed by atoms with Crippen molar-refractivity contribution in [3.63, 3.8) is 0 Å². The van der Waals surface area contributed by atoms with E-state index in [-0.39, 0.29) is 12.8 Å². The van der Waals surface area contributed by atoms with Crippen LogP contribution >= 0.6 is 0 Å². The Morgan fingerprint density at radius 2 is 0.723 bits per heavy atom. The fraction of sp³-hybridized carbons (Fsp3) is 0.895. The molecule has 0 heterocycles. The van der Waals surface area contributed by atoms with Gasteiger partial charge in [0.15, 0.2) is 0 Å². The van der Waals surface area contributed by atoms with Gasteiger partial charge in [-0.1, -0.05) is 182 Å². The molecule has 0 rings (SSSR count). The summed E-state index contributed by atoms with van der Waals surface area (Å²) in [7, 11) is 0. The summed E-state index contributed by atoms with van der Waals surface area (Å²) in [4.78, 5) is 47.9. The summed E-state index contributed by atoms with van der Waals surface area (Å²) in [6, 6.07) is 0. The molecule has 0 saturated heterocycles. The number of carbonyl (C=O) groups excluding carboxylic acids is 4. The molecule has 0 aliphatic carbocycles. The van der Waals surface area contributed by atoms with Crippen LogP contribution in [0.25, 0.3) is 0 Å². The number of hydrogen-bond donors (Lipinski definition) is 2. The van der Waals surface area contributed by atoms with Crippen molar-refractivity contribution in [1.29, 1.82) is 0 Å². The molecule has 0 aliphatic heterocycles. The molecule has 0 aromatic heterocycles. The molecule has 2 N–H and O–H groups in total. The molecule has 47 heavy (non-hydrogen) atoms. The van der Waals surface area contributed by atoms with E-state index >= 15 is 0 Å². The molecule has 0 radical (unpaired) electrons. The van der Waals surface area contributed by atoms with Gasteiger partial charge in [-0.25, -0.2) is 4.79 Å². The average molecular weight is 705 g/mol. The first-order chi connectivity index (χ1) is 22.5. The zero-order valence-corrected chi connectivity index (χ0v) is 32.4. The van der Waals surface area contributed by atoms with E-state index in [9.17, 15) is 19.2 Å². The van der Waals surface area contributed by atoms with Crippen LogP contribution in [0.3, 0.4) is 0 Å². The second-order valence-electron chi connectivity index (χ2n) is 14.1. The van der Waals surface area contributed by atoms with Crippen molar-refractivity contribution in [2.24, 2.45) is 11.8 Å². The van der Waals surface area contributed by atoms with Crippen LogP contribution in [0.1, 0.15) is 207 Å². The molecule has 0 atom stereocenters. The molecular weight excluding hydrogens is 632 g/mol. The van der Waals surface area contributed by atoms with Crippen LogP contribution in [0.5, 0.6) is 0 Å². The molecule has 0 spiro atoms. The summed E-state index contributed by atoms with van der Waals surface area (Å²) in [5, 5.41) is 0. The fourth-order valence-electron chi connectivity index (χ4n) is 5.62. The van der Waals surface area contributed by atoms with Crippen LogP contribution < -0.4 is 0 Å². The van der Waals surface area contributed by atoms with Gasteiger partial charge in [0.25, 0.3) is 0 Å². The zero-order valence-electron chi connectivity index (χ0n) is 30.8. The summed E-state index contributed by atoms with van der Waals surface area (Å²) < 4.78 is 27.9. The van der Waals surface area contributed by atoms with Gasteiger partial charge < -0.3 is 4.74 Å². The molecule has 276 valence electrons. The average Bonchev–Trinajstić information content (AvgIpc) is 3.00. The molecule has 0 saturated carbocycles. The molecule has 0 bridgehead atoms. The van der Waals surface area contributed by atoms with Gasteiger partial charge in [-0.15, -0.1) is 0 Å². The van der Waals surface area contributed by atoms with E-state index < -0.39 is 42.1 Å². The third-order valence-corrected chi connectivity index (χ3v) is 8.49. The fourth-order valence-corrected chi connectivity index (χ4v) is 5.62. The van der Waals surface area contributed by atoms with Gasteiger partial charge in [-0.2, -0.15) is 0 Å². The van der Waals surface area contributed by atoms with Crippen LogP contribution in [-0.4, -0.2) is 30.9 Å². The van der Waals surface area contributed by atoms with Crippen LogP contribution in [0.15, 0.2) is 0 Å².